The number of nitrogens with one attached hydrogen (secondary N) is 1. The van der Waals surface area contributed by atoms with Crippen LogP contribution >= 0.6 is 0 Å². The van der Waals surface area contributed by atoms with Crippen LogP contribution in [0.5, 0.6) is 11.5 Å². The number of fused-ring (bicyclic) bond motifs is 2. The van der Waals surface area contributed by atoms with Crippen LogP contribution in [0.15, 0.2) is 29.5 Å². The molecule has 3 heterocycles. The number of carbonyl (C=O) groups is 1. The first-order valence-electron chi connectivity index (χ1n) is 9.44. The van der Waals surface area contributed by atoms with E-state index in [1.807, 2.05) is 18.2 Å². The van der Waals surface area contributed by atoms with Gasteiger partial charge in [0.1, 0.15) is 25.9 Å². The van der Waals surface area contributed by atoms with E-state index in [-0.39, 0.29) is 17.8 Å². The van der Waals surface area contributed by atoms with Gasteiger partial charge in [-0.05, 0) is 29.5 Å². The summed E-state index contributed by atoms with van der Waals surface area (Å²) in [7, 11) is 0. The van der Waals surface area contributed by atoms with Gasteiger partial charge in [-0.1, -0.05) is 19.9 Å². The fraction of sp³-hybridized carbons (Fsp3) is 0.450. The van der Waals surface area contributed by atoms with Crippen LogP contribution in [0.4, 0.5) is 5.95 Å². The number of hydrogen-bond donors (Lipinski definition) is 2. The molecule has 1 aliphatic carbocycles. The lowest BCUT2D eigenvalue weighted by Gasteiger charge is -2.38. The van der Waals surface area contributed by atoms with Crippen LogP contribution in [0.25, 0.3) is 0 Å². The number of benzene rings is 1. The summed E-state index contributed by atoms with van der Waals surface area (Å²) in [6, 6.07) is 5.29. The number of allylic oxidation sites excluding steroid dienone is 2. The smallest absolute Gasteiger partial charge is 0.226 e. The third kappa shape index (κ3) is 2.67. The third-order valence-corrected chi connectivity index (χ3v) is 5.40. The molecular formula is C20H22N4O4. The highest BCUT2D eigenvalue weighted by Crippen LogP contribution is 2.46. The van der Waals surface area contributed by atoms with Gasteiger partial charge in [0, 0.05) is 17.7 Å². The Hall–Kier alpha value is -2.87. The molecule has 1 atom stereocenters. The van der Waals surface area contributed by atoms with Crippen molar-refractivity contribution in [3.8, 4) is 11.5 Å². The average molecular weight is 382 g/mol. The van der Waals surface area contributed by atoms with Gasteiger partial charge < -0.3 is 19.9 Å². The molecule has 1 aromatic heterocycles. The molecule has 0 saturated heterocycles. The number of ketones is 1. The van der Waals surface area contributed by atoms with Gasteiger partial charge in [0.25, 0.3) is 0 Å². The summed E-state index contributed by atoms with van der Waals surface area (Å²) < 4.78 is 13.1. The monoisotopic (exact) mass is 382 g/mol. The second-order valence-electron chi connectivity index (χ2n) is 8.22. The molecule has 2 aromatic rings. The lowest BCUT2D eigenvalue weighted by Crippen LogP contribution is -2.36. The highest BCUT2D eigenvalue weighted by molar-refractivity contribution is 6.00. The van der Waals surface area contributed by atoms with Crippen molar-refractivity contribution in [1.29, 1.82) is 0 Å². The van der Waals surface area contributed by atoms with E-state index in [9.17, 15) is 9.90 Å². The molecule has 0 saturated carbocycles. The summed E-state index contributed by atoms with van der Waals surface area (Å²) in [6.07, 6.45) is 1.22. The SMILES string of the molecule is CC1(C)CC(=O)C2=C(C1)Nc1nc(CO)nn1C2c1ccc2c(c1)OCCO2. The van der Waals surface area contributed by atoms with Gasteiger partial charge in [0.05, 0.1) is 0 Å². The second-order valence-corrected chi connectivity index (χ2v) is 8.22. The zero-order valence-electron chi connectivity index (χ0n) is 15.9. The summed E-state index contributed by atoms with van der Waals surface area (Å²) >= 11 is 0. The van der Waals surface area contributed by atoms with Gasteiger partial charge in [0.2, 0.25) is 5.95 Å². The second kappa shape index (κ2) is 6.07. The summed E-state index contributed by atoms with van der Waals surface area (Å²) in [6.45, 7) is 4.93. The average Bonchev–Trinajstić information content (AvgIpc) is 3.07. The minimum atomic E-state index is -0.418. The molecule has 1 unspecified atom stereocenters. The quantitative estimate of drug-likeness (QED) is 0.821. The maximum absolute atomic E-state index is 13.1. The predicted octanol–water partition coefficient (Wildman–Crippen LogP) is 2.20. The molecule has 146 valence electrons. The normalized spacial score (nSPS) is 22.4. The van der Waals surface area contributed by atoms with Crippen molar-refractivity contribution in [1.82, 2.24) is 14.8 Å². The number of carbonyl (C=O) groups excluding carboxylic acids is 1. The van der Waals surface area contributed by atoms with E-state index in [4.69, 9.17) is 9.47 Å². The minimum absolute atomic E-state index is 0.102. The van der Waals surface area contributed by atoms with E-state index in [0.29, 0.717) is 48.5 Å². The first-order chi connectivity index (χ1) is 13.4. The zero-order valence-corrected chi connectivity index (χ0v) is 15.9. The molecular weight excluding hydrogens is 360 g/mol. The lowest BCUT2D eigenvalue weighted by molar-refractivity contribution is -0.118. The number of Topliss-reactive ketones (excluding diaryl/α,β-unsaturated/α-hetero) is 1. The van der Waals surface area contributed by atoms with Crippen LogP contribution in [0.3, 0.4) is 0 Å². The van der Waals surface area contributed by atoms with Gasteiger partial charge >= 0.3 is 0 Å². The van der Waals surface area contributed by atoms with E-state index in [1.165, 1.54) is 0 Å². The summed E-state index contributed by atoms with van der Waals surface area (Å²) in [4.78, 5) is 17.5. The Morgan fingerprint density at radius 3 is 2.82 bits per heavy atom. The summed E-state index contributed by atoms with van der Waals surface area (Å²) in [5.41, 5.74) is 2.34. The minimum Gasteiger partial charge on any atom is -0.486 e. The van der Waals surface area contributed by atoms with E-state index < -0.39 is 6.04 Å². The molecule has 0 spiro atoms. The number of nitrogens with zero attached hydrogens (tertiary/aromatic N) is 3. The topological polar surface area (TPSA) is 98.5 Å². The van der Waals surface area contributed by atoms with Crippen LogP contribution in [0.2, 0.25) is 0 Å². The Balaban J connectivity index is 1.68. The van der Waals surface area contributed by atoms with Crippen molar-refractivity contribution in [2.24, 2.45) is 5.41 Å². The number of ether oxygens (including phenoxy) is 2. The number of aromatic nitrogens is 3. The van der Waals surface area contributed by atoms with E-state index >= 15 is 0 Å². The van der Waals surface area contributed by atoms with Crippen molar-refractivity contribution < 1.29 is 19.4 Å². The van der Waals surface area contributed by atoms with Crippen molar-refractivity contribution in [2.75, 3.05) is 18.5 Å². The Morgan fingerprint density at radius 1 is 1.25 bits per heavy atom. The first kappa shape index (κ1) is 17.2. The predicted molar refractivity (Wildman–Crippen MR) is 100 cm³/mol. The van der Waals surface area contributed by atoms with Crippen molar-refractivity contribution in [3.63, 3.8) is 0 Å². The fourth-order valence-electron chi connectivity index (χ4n) is 4.26. The Labute approximate surface area is 162 Å². The lowest BCUT2D eigenvalue weighted by atomic mass is 9.73. The van der Waals surface area contributed by atoms with Gasteiger partial charge in [-0.2, -0.15) is 10.1 Å². The highest BCUT2D eigenvalue weighted by atomic mass is 16.6. The van der Waals surface area contributed by atoms with Crippen LogP contribution in [-0.2, 0) is 11.4 Å². The number of hydrogen-bond acceptors (Lipinski definition) is 7. The number of anilines is 1. The number of rotatable bonds is 2. The molecule has 0 radical (unpaired) electrons. The Bertz CT molecular complexity index is 1010. The van der Waals surface area contributed by atoms with Crippen LogP contribution in [0.1, 0.15) is 44.1 Å². The molecule has 2 aliphatic heterocycles. The molecule has 8 heteroatoms. The molecule has 8 nitrogen and oxygen atoms in total. The van der Waals surface area contributed by atoms with E-state index in [0.717, 1.165) is 17.7 Å². The van der Waals surface area contributed by atoms with Gasteiger partial charge in [-0.3, -0.25) is 4.79 Å². The molecule has 2 N–H and O–H groups in total. The molecule has 3 aliphatic rings. The third-order valence-electron chi connectivity index (χ3n) is 5.40. The standard InChI is InChI=1S/C20H22N4O4/c1-20(2)8-12-17(13(26)9-20)18(24-19(21-12)22-16(10-25)23-24)11-3-4-14-15(7-11)28-6-5-27-14/h3-4,7,18,25H,5-6,8-10H2,1-2H3,(H,21,22,23). The molecule has 5 rings (SSSR count). The summed E-state index contributed by atoms with van der Waals surface area (Å²) in [5.74, 6) is 2.32. The van der Waals surface area contributed by atoms with Gasteiger partial charge in [0.15, 0.2) is 23.1 Å². The highest BCUT2D eigenvalue weighted by Gasteiger charge is 2.42. The molecule has 0 bridgehead atoms. The van der Waals surface area contributed by atoms with Crippen LogP contribution in [-0.4, -0.2) is 38.9 Å². The van der Waals surface area contributed by atoms with Crippen molar-refractivity contribution >= 4 is 11.7 Å². The van der Waals surface area contributed by atoms with E-state index in [2.05, 4.69) is 29.2 Å². The van der Waals surface area contributed by atoms with Gasteiger partial charge in [-0.25, -0.2) is 4.68 Å². The molecule has 1 aromatic carbocycles. The summed E-state index contributed by atoms with van der Waals surface area (Å²) in [5, 5.41) is 17.2. The van der Waals surface area contributed by atoms with E-state index in [1.54, 1.807) is 4.68 Å². The van der Waals surface area contributed by atoms with Crippen LogP contribution < -0.4 is 14.8 Å². The van der Waals surface area contributed by atoms with Crippen molar-refractivity contribution in [3.05, 3.63) is 40.9 Å². The fourth-order valence-corrected chi connectivity index (χ4v) is 4.26. The first-order valence-corrected chi connectivity index (χ1v) is 9.44. The molecule has 28 heavy (non-hydrogen) atoms. The molecule has 0 fully saturated rings. The maximum atomic E-state index is 13.1. The zero-order chi connectivity index (χ0) is 19.5. The van der Waals surface area contributed by atoms with Crippen LogP contribution in [0, 0.1) is 5.41 Å². The molecule has 0 amide bonds. The van der Waals surface area contributed by atoms with Crippen molar-refractivity contribution in [2.45, 2.75) is 39.3 Å². The number of aliphatic hydroxyl groups is 1. The maximum Gasteiger partial charge on any atom is 0.226 e. The number of aliphatic hydroxyl groups excluding tert-OH is 1. The Kier molecular flexibility index (Phi) is 3.74. The van der Waals surface area contributed by atoms with Gasteiger partial charge in [-0.15, -0.1) is 0 Å². The largest absolute Gasteiger partial charge is 0.486 e. The Morgan fingerprint density at radius 2 is 2.04 bits per heavy atom.